The Balaban J connectivity index is 1.50. The fourth-order valence-electron chi connectivity index (χ4n) is 4.15. The lowest BCUT2D eigenvalue weighted by molar-refractivity contribution is 0.0782. The third-order valence-corrected chi connectivity index (χ3v) is 6.96. The van der Waals surface area contributed by atoms with Crippen LogP contribution in [0.25, 0.3) is 16.5 Å². The Kier molecular flexibility index (Phi) is 4.91. The number of rotatable bonds is 5. The average Bonchev–Trinajstić information content (AvgIpc) is 3.19. The zero-order chi connectivity index (χ0) is 20.8. The molecule has 8 heteroatoms. The van der Waals surface area contributed by atoms with Crippen molar-refractivity contribution in [3.8, 4) is 16.5 Å². The summed E-state index contributed by atoms with van der Waals surface area (Å²) in [5.41, 5.74) is 3.63. The van der Waals surface area contributed by atoms with Crippen molar-refractivity contribution in [1.82, 2.24) is 29.5 Å². The first-order valence-corrected chi connectivity index (χ1v) is 11.3. The topological polar surface area (TPSA) is 67.2 Å². The number of thiophene rings is 1. The van der Waals surface area contributed by atoms with E-state index in [-0.39, 0.29) is 5.91 Å². The van der Waals surface area contributed by atoms with E-state index in [4.69, 9.17) is 4.98 Å². The lowest BCUT2D eigenvalue weighted by Gasteiger charge is -2.20. The number of hydrogen-bond donors (Lipinski definition) is 0. The predicted octanol–water partition coefficient (Wildman–Crippen LogP) is 3.35. The summed E-state index contributed by atoms with van der Waals surface area (Å²) < 4.78 is 1.79. The van der Waals surface area contributed by atoms with E-state index in [0.717, 1.165) is 54.2 Å². The number of carbonyl (C=O) groups excluding carboxylic acids is 1. The highest BCUT2D eigenvalue weighted by atomic mass is 32.1. The van der Waals surface area contributed by atoms with Crippen molar-refractivity contribution >= 4 is 17.2 Å². The number of likely N-dealkylation sites (N-methyl/N-ethyl adjacent to an activating group) is 1. The van der Waals surface area contributed by atoms with E-state index in [0.29, 0.717) is 23.5 Å². The summed E-state index contributed by atoms with van der Waals surface area (Å²) >= 11 is 1.66. The van der Waals surface area contributed by atoms with E-state index >= 15 is 0 Å². The lowest BCUT2D eigenvalue weighted by Crippen LogP contribution is -2.34. The molecule has 0 bridgehead atoms. The van der Waals surface area contributed by atoms with Gasteiger partial charge in [-0.3, -0.25) is 4.79 Å². The number of aromatic nitrogens is 4. The Bertz CT molecular complexity index is 1070. The second-order valence-electron chi connectivity index (χ2n) is 8.47. The summed E-state index contributed by atoms with van der Waals surface area (Å²) in [6.07, 6.45) is 6.73. The molecule has 1 aliphatic heterocycles. The van der Waals surface area contributed by atoms with Crippen LogP contribution in [0.2, 0.25) is 0 Å². The highest BCUT2D eigenvalue weighted by Crippen LogP contribution is 2.42. The zero-order valence-electron chi connectivity index (χ0n) is 17.6. The summed E-state index contributed by atoms with van der Waals surface area (Å²) in [6, 6.07) is 4.51. The lowest BCUT2D eigenvalue weighted by atomic mass is 10.1. The molecule has 2 aliphatic rings. The molecule has 3 aromatic rings. The monoisotopic (exact) mass is 422 g/mol. The maximum atomic E-state index is 13.3. The van der Waals surface area contributed by atoms with E-state index in [1.165, 1.54) is 0 Å². The number of likely N-dealkylation sites (tertiary alicyclic amines) is 1. The molecule has 1 atom stereocenters. The molecule has 1 amide bonds. The van der Waals surface area contributed by atoms with Crippen LogP contribution in [0.4, 0.5) is 0 Å². The second-order valence-corrected chi connectivity index (χ2v) is 9.41. The van der Waals surface area contributed by atoms with Gasteiger partial charge in [0.15, 0.2) is 0 Å². The van der Waals surface area contributed by atoms with Gasteiger partial charge in [-0.1, -0.05) is 6.07 Å². The molecule has 4 heterocycles. The molecule has 0 spiro atoms. The van der Waals surface area contributed by atoms with E-state index in [1.807, 2.05) is 29.5 Å². The normalized spacial score (nSPS) is 19.1. The summed E-state index contributed by atoms with van der Waals surface area (Å²) in [6.45, 7) is 3.58. The smallest absolute Gasteiger partial charge is 0.257 e. The molecule has 1 saturated carbocycles. The van der Waals surface area contributed by atoms with Gasteiger partial charge in [-0.25, -0.2) is 14.6 Å². The average molecular weight is 423 g/mol. The van der Waals surface area contributed by atoms with Crippen LogP contribution in [-0.4, -0.2) is 68.7 Å². The first-order valence-electron chi connectivity index (χ1n) is 10.4. The van der Waals surface area contributed by atoms with Gasteiger partial charge in [0.05, 0.1) is 28.0 Å². The van der Waals surface area contributed by atoms with Crippen LogP contribution in [-0.2, 0) is 0 Å². The van der Waals surface area contributed by atoms with E-state index in [2.05, 4.69) is 35.1 Å². The Morgan fingerprint density at radius 1 is 1.23 bits per heavy atom. The van der Waals surface area contributed by atoms with Gasteiger partial charge in [0.2, 0.25) is 0 Å². The standard InChI is InChI=1S/C22H26N6OS/c1-14-11-23-22(25-19(14)18-5-4-10-30-18)28-20(15-6-7-15)17(12-24-28)21(29)27-9-8-16(13-27)26(2)3/h4-5,10-12,15-16H,6-9,13H2,1-3H3/t16-/m1/s1. The third-order valence-electron chi connectivity index (χ3n) is 6.08. The first-order chi connectivity index (χ1) is 14.5. The molecule has 30 heavy (non-hydrogen) atoms. The van der Waals surface area contributed by atoms with Crippen LogP contribution in [0, 0.1) is 6.92 Å². The minimum Gasteiger partial charge on any atom is -0.337 e. The maximum Gasteiger partial charge on any atom is 0.257 e. The van der Waals surface area contributed by atoms with Crippen molar-refractivity contribution in [3.05, 3.63) is 46.7 Å². The molecule has 3 aromatic heterocycles. The summed E-state index contributed by atoms with van der Waals surface area (Å²) in [7, 11) is 4.15. The van der Waals surface area contributed by atoms with Gasteiger partial charge in [0.25, 0.3) is 11.9 Å². The minimum atomic E-state index is 0.0816. The Morgan fingerprint density at radius 2 is 2.07 bits per heavy atom. The summed E-state index contributed by atoms with van der Waals surface area (Å²) in [5.74, 6) is 0.976. The van der Waals surface area contributed by atoms with Gasteiger partial charge in [-0.2, -0.15) is 5.10 Å². The number of carbonyl (C=O) groups is 1. The van der Waals surface area contributed by atoms with Gasteiger partial charge in [0, 0.05) is 31.2 Å². The van der Waals surface area contributed by atoms with Gasteiger partial charge in [-0.05, 0) is 57.3 Å². The van der Waals surface area contributed by atoms with Crippen molar-refractivity contribution < 1.29 is 4.79 Å². The van der Waals surface area contributed by atoms with Crippen molar-refractivity contribution in [2.24, 2.45) is 0 Å². The van der Waals surface area contributed by atoms with Crippen LogP contribution < -0.4 is 0 Å². The molecule has 0 aromatic carbocycles. The minimum absolute atomic E-state index is 0.0816. The number of amides is 1. The molecular weight excluding hydrogens is 396 g/mol. The number of hydrogen-bond acceptors (Lipinski definition) is 6. The molecule has 7 nitrogen and oxygen atoms in total. The number of nitrogens with zero attached hydrogens (tertiary/aromatic N) is 6. The Morgan fingerprint density at radius 3 is 2.73 bits per heavy atom. The predicted molar refractivity (Wildman–Crippen MR) is 117 cm³/mol. The van der Waals surface area contributed by atoms with Crippen molar-refractivity contribution in [1.29, 1.82) is 0 Å². The van der Waals surface area contributed by atoms with E-state index in [1.54, 1.807) is 22.2 Å². The molecule has 0 unspecified atom stereocenters. The molecule has 2 fully saturated rings. The molecule has 0 N–H and O–H groups in total. The molecular formula is C22H26N6OS. The van der Waals surface area contributed by atoms with Crippen LogP contribution in [0.15, 0.2) is 29.9 Å². The fraction of sp³-hybridized carbons (Fsp3) is 0.455. The third kappa shape index (κ3) is 3.44. The maximum absolute atomic E-state index is 13.3. The summed E-state index contributed by atoms with van der Waals surface area (Å²) in [4.78, 5) is 28.0. The fourth-order valence-corrected chi connectivity index (χ4v) is 4.93. The van der Waals surface area contributed by atoms with Crippen molar-refractivity contribution in [2.75, 3.05) is 27.2 Å². The molecule has 0 radical (unpaired) electrons. The van der Waals surface area contributed by atoms with Gasteiger partial charge < -0.3 is 9.80 Å². The quantitative estimate of drug-likeness (QED) is 0.631. The zero-order valence-corrected chi connectivity index (χ0v) is 18.4. The highest BCUT2D eigenvalue weighted by molar-refractivity contribution is 7.13. The SMILES string of the molecule is Cc1cnc(-n2ncc(C(=O)N3CC[C@@H](N(C)C)C3)c2C2CC2)nc1-c1cccs1. The van der Waals surface area contributed by atoms with Crippen LogP contribution in [0.3, 0.4) is 0 Å². The molecule has 1 saturated heterocycles. The number of aryl methyl sites for hydroxylation is 1. The Hall–Kier alpha value is -2.58. The summed E-state index contributed by atoms with van der Waals surface area (Å²) in [5, 5.41) is 6.63. The molecule has 1 aliphatic carbocycles. The second kappa shape index (κ2) is 7.59. The van der Waals surface area contributed by atoms with Crippen molar-refractivity contribution in [2.45, 2.75) is 38.1 Å². The van der Waals surface area contributed by atoms with Gasteiger partial charge >= 0.3 is 0 Å². The van der Waals surface area contributed by atoms with Gasteiger partial charge in [-0.15, -0.1) is 11.3 Å². The highest BCUT2D eigenvalue weighted by Gasteiger charge is 2.36. The van der Waals surface area contributed by atoms with E-state index < -0.39 is 0 Å². The molecule has 156 valence electrons. The largest absolute Gasteiger partial charge is 0.337 e. The molecule has 5 rings (SSSR count). The van der Waals surface area contributed by atoms with Gasteiger partial charge in [0.1, 0.15) is 0 Å². The van der Waals surface area contributed by atoms with E-state index in [9.17, 15) is 4.79 Å². The Labute approximate surface area is 180 Å². The van der Waals surface area contributed by atoms with Crippen LogP contribution in [0.1, 0.15) is 46.8 Å². The van der Waals surface area contributed by atoms with Crippen molar-refractivity contribution in [3.63, 3.8) is 0 Å². The van der Waals surface area contributed by atoms with Crippen LogP contribution in [0.5, 0.6) is 0 Å². The first kappa shape index (κ1) is 19.4. The van der Waals surface area contributed by atoms with Crippen LogP contribution >= 0.6 is 11.3 Å².